The number of halogens is 1. The van der Waals surface area contributed by atoms with E-state index in [1.54, 1.807) is 18.2 Å². The zero-order valence-electron chi connectivity index (χ0n) is 18.0. The molecule has 3 rings (SSSR count). The summed E-state index contributed by atoms with van der Waals surface area (Å²) in [5, 5.41) is 24.0. The van der Waals surface area contributed by atoms with Crippen molar-refractivity contribution in [1.29, 1.82) is 0 Å². The van der Waals surface area contributed by atoms with Crippen molar-refractivity contribution >= 4 is 22.9 Å². The second-order valence-corrected chi connectivity index (χ2v) is 7.94. The van der Waals surface area contributed by atoms with Gasteiger partial charge in [0, 0.05) is 41.7 Å². The van der Waals surface area contributed by atoms with Gasteiger partial charge < -0.3 is 20.1 Å². The highest BCUT2D eigenvalue weighted by Crippen LogP contribution is 2.38. The Morgan fingerprint density at radius 2 is 1.81 bits per heavy atom. The molecule has 164 valence electrons. The van der Waals surface area contributed by atoms with Crippen LogP contribution in [0.4, 0.5) is 4.39 Å². The number of amides is 1. The van der Waals surface area contributed by atoms with Crippen LogP contribution in [-0.2, 0) is 4.79 Å². The van der Waals surface area contributed by atoms with Gasteiger partial charge in [0.15, 0.2) is 0 Å². The lowest BCUT2D eigenvalue weighted by Crippen LogP contribution is -2.26. The highest BCUT2D eigenvalue weighted by molar-refractivity contribution is 6.01. The highest BCUT2D eigenvalue weighted by Gasteiger charge is 2.19. The summed E-state index contributed by atoms with van der Waals surface area (Å²) in [6.45, 7) is 4.17. The molecule has 2 aromatic carbocycles. The van der Waals surface area contributed by atoms with E-state index in [0.717, 1.165) is 27.7 Å². The molecule has 0 aliphatic rings. The maximum absolute atomic E-state index is 13.5. The largest absolute Gasteiger partial charge is 0.392 e. The van der Waals surface area contributed by atoms with Crippen LogP contribution in [0.1, 0.15) is 38.4 Å². The van der Waals surface area contributed by atoms with Crippen molar-refractivity contribution in [2.24, 2.45) is 0 Å². The molecule has 0 saturated carbocycles. The molecule has 3 N–H and O–H groups in total. The Morgan fingerprint density at radius 3 is 2.45 bits per heavy atom. The Kier molecular flexibility index (Phi) is 7.25. The van der Waals surface area contributed by atoms with Gasteiger partial charge in [-0.1, -0.05) is 36.4 Å². The lowest BCUT2D eigenvalue weighted by atomic mass is 10.0. The van der Waals surface area contributed by atoms with Gasteiger partial charge in [-0.2, -0.15) is 0 Å². The van der Waals surface area contributed by atoms with Crippen LogP contribution in [0.15, 0.2) is 54.6 Å². The number of carbonyl (C=O) groups excluding carboxylic acids is 1. The van der Waals surface area contributed by atoms with Crippen molar-refractivity contribution in [3.8, 4) is 11.1 Å². The lowest BCUT2D eigenvalue weighted by molar-refractivity contribution is -0.122. The minimum atomic E-state index is -0.938. The van der Waals surface area contributed by atoms with Crippen molar-refractivity contribution in [3.05, 3.63) is 66.1 Å². The third-order valence-corrected chi connectivity index (χ3v) is 5.29. The second kappa shape index (κ2) is 9.90. The van der Waals surface area contributed by atoms with Crippen LogP contribution in [0.2, 0.25) is 0 Å². The van der Waals surface area contributed by atoms with Crippen LogP contribution in [0.25, 0.3) is 28.1 Å². The fourth-order valence-electron chi connectivity index (χ4n) is 3.88. The Bertz CT molecular complexity index is 1070. The fourth-order valence-corrected chi connectivity index (χ4v) is 3.88. The molecule has 0 bridgehead atoms. The quantitative estimate of drug-likeness (QED) is 0.505. The summed E-state index contributed by atoms with van der Waals surface area (Å²) in [6, 6.07) is 14.6. The number of benzene rings is 2. The van der Waals surface area contributed by atoms with Crippen molar-refractivity contribution < 1.29 is 19.4 Å². The number of nitrogens with zero attached hydrogens (tertiary/aromatic N) is 1. The molecule has 6 heteroatoms. The zero-order valence-corrected chi connectivity index (χ0v) is 18.0. The summed E-state index contributed by atoms with van der Waals surface area (Å²) in [6.07, 6.45) is 1.61. The van der Waals surface area contributed by atoms with E-state index in [2.05, 4.69) is 23.7 Å². The summed E-state index contributed by atoms with van der Waals surface area (Å²) in [5.41, 5.74) is 3.78. The Morgan fingerprint density at radius 1 is 1.13 bits per heavy atom. The van der Waals surface area contributed by atoms with E-state index in [1.165, 1.54) is 19.2 Å². The second-order valence-electron chi connectivity index (χ2n) is 7.94. The molecular formula is C25H29FN2O3. The van der Waals surface area contributed by atoms with E-state index in [0.29, 0.717) is 0 Å². The zero-order chi connectivity index (χ0) is 22.5. The molecule has 0 spiro atoms. The van der Waals surface area contributed by atoms with Crippen LogP contribution in [0.3, 0.4) is 0 Å². The van der Waals surface area contributed by atoms with Gasteiger partial charge in [0.25, 0.3) is 0 Å². The lowest BCUT2D eigenvalue weighted by Gasteiger charge is -2.15. The van der Waals surface area contributed by atoms with Gasteiger partial charge in [-0.05, 0) is 43.7 Å². The molecule has 1 heterocycles. The number of aromatic nitrogens is 1. The fraction of sp³-hybridized carbons (Fsp3) is 0.320. The minimum absolute atomic E-state index is 0.0533. The first kappa shape index (κ1) is 22.7. The first-order valence-electron chi connectivity index (χ1n) is 10.5. The SMILES string of the molecule is CNC(=O)C[C@H](O)C[C@H](O)/C=C/c1c(-c2ccc(F)cc2)c2ccccc2n1C(C)C. The number of nitrogens with one attached hydrogen (secondary N) is 1. The Balaban J connectivity index is 2.03. The molecule has 2 atom stereocenters. The minimum Gasteiger partial charge on any atom is -0.392 e. The standard InChI is InChI=1S/C25H29FN2O3/c1-16(2)28-22-7-5-4-6-21(22)25(17-8-10-18(26)11-9-17)23(28)13-12-19(29)14-20(30)15-24(31)27-3/h4-13,16,19-20,29-30H,14-15H2,1-3H3,(H,27,31)/b13-12+/t19-,20-/m1/s1. The molecular weight excluding hydrogens is 395 g/mol. The first-order valence-corrected chi connectivity index (χ1v) is 10.5. The van der Waals surface area contributed by atoms with Gasteiger partial charge in [0.1, 0.15) is 5.82 Å². The highest BCUT2D eigenvalue weighted by atomic mass is 19.1. The predicted molar refractivity (Wildman–Crippen MR) is 122 cm³/mol. The molecule has 0 fully saturated rings. The summed E-state index contributed by atoms with van der Waals surface area (Å²) >= 11 is 0. The van der Waals surface area contributed by atoms with E-state index in [9.17, 15) is 19.4 Å². The molecule has 1 aromatic heterocycles. The number of fused-ring (bicyclic) bond motifs is 1. The van der Waals surface area contributed by atoms with Crippen molar-refractivity contribution in [2.75, 3.05) is 7.05 Å². The van der Waals surface area contributed by atoms with Gasteiger partial charge in [-0.3, -0.25) is 4.79 Å². The number of hydrogen-bond donors (Lipinski definition) is 3. The topological polar surface area (TPSA) is 74.5 Å². The third kappa shape index (κ3) is 5.21. The van der Waals surface area contributed by atoms with Crippen LogP contribution >= 0.6 is 0 Å². The van der Waals surface area contributed by atoms with Gasteiger partial charge in [0.2, 0.25) is 5.91 Å². The third-order valence-electron chi connectivity index (χ3n) is 5.29. The monoisotopic (exact) mass is 424 g/mol. The number of rotatable bonds is 8. The van der Waals surface area contributed by atoms with Crippen LogP contribution in [0, 0.1) is 5.82 Å². The number of aliphatic hydroxyl groups excluding tert-OH is 2. The number of hydrogen-bond acceptors (Lipinski definition) is 3. The molecule has 1 amide bonds. The van der Waals surface area contributed by atoms with Crippen molar-refractivity contribution in [1.82, 2.24) is 9.88 Å². The molecule has 31 heavy (non-hydrogen) atoms. The smallest absolute Gasteiger partial charge is 0.222 e. The van der Waals surface area contributed by atoms with E-state index >= 15 is 0 Å². The van der Waals surface area contributed by atoms with E-state index in [-0.39, 0.29) is 30.6 Å². The van der Waals surface area contributed by atoms with Crippen molar-refractivity contribution in [3.63, 3.8) is 0 Å². The Labute approximate surface area is 181 Å². The molecule has 5 nitrogen and oxygen atoms in total. The summed E-state index contributed by atoms with van der Waals surface area (Å²) in [7, 11) is 1.51. The van der Waals surface area contributed by atoms with E-state index in [4.69, 9.17) is 0 Å². The average Bonchev–Trinajstić information content (AvgIpc) is 3.07. The van der Waals surface area contributed by atoms with Gasteiger partial charge in [-0.15, -0.1) is 0 Å². The van der Waals surface area contributed by atoms with Gasteiger partial charge >= 0.3 is 0 Å². The molecule has 0 radical (unpaired) electrons. The molecule has 0 unspecified atom stereocenters. The number of carbonyl (C=O) groups is 1. The Hall–Kier alpha value is -2.96. The molecule has 0 aliphatic heterocycles. The molecule has 0 aliphatic carbocycles. The molecule has 3 aromatic rings. The maximum atomic E-state index is 13.5. The maximum Gasteiger partial charge on any atom is 0.222 e. The average molecular weight is 425 g/mol. The van der Waals surface area contributed by atoms with E-state index in [1.807, 2.05) is 30.3 Å². The van der Waals surface area contributed by atoms with Gasteiger partial charge in [0.05, 0.1) is 18.6 Å². The van der Waals surface area contributed by atoms with Crippen LogP contribution in [0.5, 0.6) is 0 Å². The predicted octanol–water partition coefficient (Wildman–Crippen LogP) is 4.29. The molecule has 0 saturated heterocycles. The summed E-state index contributed by atoms with van der Waals surface area (Å²) in [4.78, 5) is 11.4. The number of aliphatic hydroxyl groups is 2. The summed E-state index contributed by atoms with van der Waals surface area (Å²) < 4.78 is 15.7. The number of para-hydroxylation sites is 1. The normalized spacial score (nSPS) is 13.8. The van der Waals surface area contributed by atoms with Crippen molar-refractivity contribution in [2.45, 2.75) is 44.9 Å². The van der Waals surface area contributed by atoms with Gasteiger partial charge in [-0.25, -0.2) is 4.39 Å². The first-order chi connectivity index (χ1) is 14.8. The summed E-state index contributed by atoms with van der Waals surface area (Å²) in [5.74, 6) is -0.573. The van der Waals surface area contributed by atoms with Crippen LogP contribution < -0.4 is 5.32 Å². The van der Waals surface area contributed by atoms with Crippen LogP contribution in [-0.4, -0.2) is 39.9 Å². The van der Waals surface area contributed by atoms with E-state index < -0.39 is 12.2 Å².